The fraction of sp³-hybridized carbons (Fsp3) is 0.583. The molecule has 1 saturated carbocycles. The van der Waals surface area contributed by atoms with E-state index in [0.717, 1.165) is 12.8 Å². The van der Waals surface area contributed by atoms with Crippen LogP contribution in [0.5, 0.6) is 5.88 Å². The van der Waals surface area contributed by atoms with Crippen molar-refractivity contribution in [2.75, 3.05) is 11.9 Å². The summed E-state index contributed by atoms with van der Waals surface area (Å²) in [5, 5.41) is 12.0. The normalized spacial score (nSPS) is 16.1. The third-order valence-electron chi connectivity index (χ3n) is 2.85. The molecular formula is C12H17N3O3. The average Bonchev–Trinajstić information content (AvgIpc) is 3.12. The highest BCUT2D eigenvalue weighted by Crippen LogP contribution is 2.35. The van der Waals surface area contributed by atoms with E-state index in [4.69, 9.17) is 9.84 Å². The Morgan fingerprint density at radius 1 is 1.61 bits per heavy atom. The highest BCUT2D eigenvalue weighted by atomic mass is 16.5. The van der Waals surface area contributed by atoms with Crippen LogP contribution in [0.15, 0.2) is 12.4 Å². The minimum absolute atomic E-state index is 0.0631. The molecule has 0 aromatic carbocycles. The van der Waals surface area contributed by atoms with Gasteiger partial charge in [0.2, 0.25) is 5.88 Å². The van der Waals surface area contributed by atoms with Gasteiger partial charge < -0.3 is 15.2 Å². The molecule has 1 atom stereocenters. The Hall–Kier alpha value is -1.85. The van der Waals surface area contributed by atoms with E-state index in [2.05, 4.69) is 15.3 Å². The summed E-state index contributed by atoms with van der Waals surface area (Å²) >= 11 is 0. The Morgan fingerprint density at radius 3 is 3.00 bits per heavy atom. The molecule has 1 aromatic heterocycles. The van der Waals surface area contributed by atoms with Gasteiger partial charge in [-0.15, -0.1) is 0 Å². The second-order valence-electron chi connectivity index (χ2n) is 4.36. The van der Waals surface area contributed by atoms with Gasteiger partial charge in [-0.25, -0.2) is 9.97 Å². The lowest BCUT2D eigenvalue weighted by molar-refractivity contribution is -0.137. The van der Waals surface area contributed by atoms with Gasteiger partial charge in [0.1, 0.15) is 12.1 Å². The number of hydrogen-bond acceptors (Lipinski definition) is 5. The van der Waals surface area contributed by atoms with Crippen LogP contribution in [0.2, 0.25) is 0 Å². The summed E-state index contributed by atoms with van der Waals surface area (Å²) in [4.78, 5) is 18.9. The van der Waals surface area contributed by atoms with Crippen LogP contribution in [0.1, 0.15) is 26.2 Å². The van der Waals surface area contributed by atoms with E-state index in [1.807, 2.05) is 6.92 Å². The molecule has 1 fully saturated rings. The summed E-state index contributed by atoms with van der Waals surface area (Å²) in [7, 11) is 0. The molecule has 0 saturated heterocycles. The monoisotopic (exact) mass is 251 g/mol. The van der Waals surface area contributed by atoms with Crippen LogP contribution < -0.4 is 10.1 Å². The molecule has 98 valence electrons. The molecule has 6 heteroatoms. The summed E-state index contributed by atoms with van der Waals surface area (Å²) < 4.78 is 5.28. The van der Waals surface area contributed by atoms with E-state index < -0.39 is 5.97 Å². The fourth-order valence-corrected chi connectivity index (χ4v) is 1.86. The van der Waals surface area contributed by atoms with Crippen molar-refractivity contribution in [3.05, 3.63) is 12.4 Å². The average molecular weight is 251 g/mol. The number of aromatic nitrogens is 2. The van der Waals surface area contributed by atoms with E-state index in [1.165, 1.54) is 6.33 Å². The molecule has 2 N–H and O–H groups in total. The lowest BCUT2D eigenvalue weighted by Gasteiger charge is -2.16. The lowest BCUT2D eigenvalue weighted by Crippen LogP contribution is -2.25. The van der Waals surface area contributed by atoms with Crippen molar-refractivity contribution in [3.63, 3.8) is 0 Å². The van der Waals surface area contributed by atoms with E-state index in [-0.39, 0.29) is 12.5 Å². The molecule has 1 heterocycles. The fourth-order valence-electron chi connectivity index (χ4n) is 1.86. The maximum Gasteiger partial charge on any atom is 0.305 e. The lowest BCUT2D eigenvalue weighted by atomic mass is 10.1. The minimum Gasteiger partial charge on any atom is -0.481 e. The van der Waals surface area contributed by atoms with E-state index >= 15 is 0 Å². The minimum atomic E-state index is -0.793. The molecule has 18 heavy (non-hydrogen) atoms. The zero-order chi connectivity index (χ0) is 13.0. The van der Waals surface area contributed by atoms with Gasteiger partial charge in [0.15, 0.2) is 0 Å². The highest BCUT2D eigenvalue weighted by Gasteiger charge is 2.32. The number of nitrogens with zero attached hydrogens (tertiary/aromatic N) is 2. The summed E-state index contributed by atoms with van der Waals surface area (Å²) in [6.07, 6.45) is 3.68. The third-order valence-corrected chi connectivity index (χ3v) is 2.85. The molecule has 1 aliphatic carbocycles. The Morgan fingerprint density at radius 2 is 2.39 bits per heavy atom. The topological polar surface area (TPSA) is 84.3 Å². The van der Waals surface area contributed by atoms with Gasteiger partial charge in [0.25, 0.3) is 0 Å². The van der Waals surface area contributed by atoms with E-state index in [1.54, 1.807) is 6.07 Å². The number of hydrogen-bond donors (Lipinski definition) is 2. The number of anilines is 1. The smallest absolute Gasteiger partial charge is 0.305 e. The highest BCUT2D eigenvalue weighted by molar-refractivity contribution is 5.68. The van der Waals surface area contributed by atoms with Gasteiger partial charge in [0, 0.05) is 12.1 Å². The van der Waals surface area contributed by atoms with Crippen molar-refractivity contribution in [1.29, 1.82) is 0 Å². The predicted molar refractivity (Wildman–Crippen MR) is 65.6 cm³/mol. The van der Waals surface area contributed by atoms with Crippen LogP contribution in [0, 0.1) is 5.92 Å². The molecule has 1 aromatic rings. The molecule has 1 aliphatic rings. The largest absolute Gasteiger partial charge is 0.481 e. The Balaban J connectivity index is 2.01. The first-order valence-electron chi connectivity index (χ1n) is 6.12. The van der Waals surface area contributed by atoms with Crippen molar-refractivity contribution < 1.29 is 14.6 Å². The van der Waals surface area contributed by atoms with Crippen LogP contribution >= 0.6 is 0 Å². The van der Waals surface area contributed by atoms with Crippen molar-refractivity contribution in [2.24, 2.45) is 5.92 Å². The first-order chi connectivity index (χ1) is 8.69. The van der Waals surface area contributed by atoms with E-state index in [9.17, 15) is 4.79 Å². The van der Waals surface area contributed by atoms with Crippen molar-refractivity contribution >= 4 is 11.8 Å². The second-order valence-corrected chi connectivity index (χ2v) is 4.36. The van der Waals surface area contributed by atoms with Gasteiger partial charge in [-0.05, 0) is 25.7 Å². The zero-order valence-electron chi connectivity index (χ0n) is 10.3. The maximum atomic E-state index is 10.8. The van der Waals surface area contributed by atoms with Gasteiger partial charge in [-0.2, -0.15) is 0 Å². The number of carboxylic acid groups (broad SMARTS) is 1. The van der Waals surface area contributed by atoms with E-state index in [0.29, 0.717) is 24.2 Å². The standard InChI is InChI=1S/C12H17N3O3/c1-2-18-11-6-10(13-7-14-11)15-9(5-12(16)17)8-3-4-8/h6-9H,2-5H2,1H3,(H,16,17)(H,13,14,15). The van der Waals surface area contributed by atoms with Gasteiger partial charge in [-0.3, -0.25) is 4.79 Å². The molecule has 1 unspecified atom stereocenters. The molecule has 0 spiro atoms. The third kappa shape index (κ3) is 3.58. The SMILES string of the molecule is CCOc1cc(NC(CC(=O)O)C2CC2)ncn1. The number of nitrogens with one attached hydrogen (secondary N) is 1. The summed E-state index contributed by atoms with van der Waals surface area (Å²) in [6.45, 7) is 2.42. The molecule has 2 rings (SSSR count). The van der Waals surface area contributed by atoms with Gasteiger partial charge >= 0.3 is 5.97 Å². The van der Waals surface area contributed by atoms with Crippen molar-refractivity contribution in [3.8, 4) is 5.88 Å². The van der Waals surface area contributed by atoms with Crippen LogP contribution in [-0.4, -0.2) is 33.7 Å². The van der Waals surface area contributed by atoms with Crippen LogP contribution in [0.4, 0.5) is 5.82 Å². The molecule has 0 bridgehead atoms. The molecule has 0 aliphatic heterocycles. The number of ether oxygens (including phenoxy) is 1. The molecular weight excluding hydrogens is 234 g/mol. The van der Waals surface area contributed by atoms with Crippen LogP contribution in [-0.2, 0) is 4.79 Å². The maximum absolute atomic E-state index is 10.8. The number of rotatable bonds is 7. The summed E-state index contributed by atoms with van der Waals surface area (Å²) in [6, 6.07) is 1.63. The van der Waals surface area contributed by atoms with Gasteiger partial charge in [0.05, 0.1) is 13.0 Å². The quantitative estimate of drug-likeness (QED) is 0.764. The number of carbonyl (C=O) groups is 1. The summed E-state index contributed by atoms with van der Waals surface area (Å²) in [5.41, 5.74) is 0. The van der Waals surface area contributed by atoms with Crippen molar-refractivity contribution in [2.45, 2.75) is 32.2 Å². The Kier molecular flexibility index (Phi) is 3.96. The second kappa shape index (κ2) is 5.66. The number of carboxylic acids is 1. The zero-order valence-corrected chi connectivity index (χ0v) is 10.3. The number of aliphatic carboxylic acids is 1. The predicted octanol–water partition coefficient (Wildman–Crippen LogP) is 1.54. The molecule has 0 amide bonds. The summed E-state index contributed by atoms with van der Waals surface area (Å²) in [5.74, 6) is 0.761. The van der Waals surface area contributed by atoms with Crippen LogP contribution in [0.25, 0.3) is 0 Å². The molecule has 6 nitrogen and oxygen atoms in total. The Labute approximate surface area is 105 Å². The Bertz CT molecular complexity index is 421. The molecule has 0 radical (unpaired) electrons. The van der Waals surface area contributed by atoms with Gasteiger partial charge in [-0.1, -0.05) is 0 Å². The van der Waals surface area contributed by atoms with Crippen molar-refractivity contribution in [1.82, 2.24) is 9.97 Å². The van der Waals surface area contributed by atoms with Crippen LogP contribution in [0.3, 0.4) is 0 Å². The first kappa shape index (κ1) is 12.6. The first-order valence-corrected chi connectivity index (χ1v) is 6.12.